The summed E-state index contributed by atoms with van der Waals surface area (Å²) in [5.74, 6) is 0. The molecule has 1 aliphatic heterocycles. The molecule has 0 saturated carbocycles. The molecule has 128 valence electrons. The van der Waals surface area contributed by atoms with Crippen LogP contribution in [0.15, 0.2) is 12.1 Å². The minimum atomic E-state index is -4.40. The summed E-state index contributed by atoms with van der Waals surface area (Å²) >= 11 is 3.11. The highest BCUT2D eigenvalue weighted by Gasteiger charge is 2.38. The van der Waals surface area contributed by atoms with Crippen LogP contribution in [-0.2, 0) is 29.2 Å². The highest BCUT2D eigenvalue weighted by molar-refractivity contribution is 9.08. The van der Waals surface area contributed by atoms with Crippen LogP contribution in [0.1, 0.15) is 43.0 Å². The predicted molar refractivity (Wildman–Crippen MR) is 84.4 cm³/mol. The van der Waals surface area contributed by atoms with Gasteiger partial charge in [-0.25, -0.2) is 4.79 Å². The summed E-state index contributed by atoms with van der Waals surface area (Å²) in [6.45, 7) is 5.62. The van der Waals surface area contributed by atoms with Crippen LogP contribution in [0.3, 0.4) is 0 Å². The van der Waals surface area contributed by atoms with Crippen LogP contribution in [0.4, 0.5) is 18.0 Å². The number of nitrogens with zero attached hydrogens (tertiary/aromatic N) is 1. The second kappa shape index (κ2) is 6.34. The standard InChI is InChI=1S/C16H19BrF3NO2/c1-15(2,3)23-14(22)21-7-6-12-11(9-21)5-4-10(8-17)13(12)16(18,19)20/h4-5H,6-9H2,1-3H3. The quantitative estimate of drug-likeness (QED) is 0.635. The summed E-state index contributed by atoms with van der Waals surface area (Å²) < 4.78 is 45.4. The first-order chi connectivity index (χ1) is 10.5. The van der Waals surface area contributed by atoms with Crippen LogP contribution in [-0.4, -0.2) is 23.1 Å². The summed E-state index contributed by atoms with van der Waals surface area (Å²) in [4.78, 5) is 13.5. The molecule has 0 aromatic heterocycles. The number of halogens is 4. The second-order valence-electron chi connectivity index (χ2n) is 6.52. The largest absolute Gasteiger partial charge is 0.444 e. The van der Waals surface area contributed by atoms with Crippen molar-refractivity contribution in [2.24, 2.45) is 0 Å². The molecule has 0 unspecified atom stereocenters. The Balaban J connectivity index is 2.31. The summed E-state index contributed by atoms with van der Waals surface area (Å²) in [7, 11) is 0. The van der Waals surface area contributed by atoms with E-state index < -0.39 is 23.4 Å². The number of hydrogen-bond acceptors (Lipinski definition) is 2. The van der Waals surface area contributed by atoms with Crippen LogP contribution in [0.25, 0.3) is 0 Å². The summed E-state index contributed by atoms with van der Waals surface area (Å²) in [6.07, 6.45) is -4.73. The Morgan fingerprint density at radius 2 is 1.96 bits per heavy atom. The summed E-state index contributed by atoms with van der Waals surface area (Å²) in [5.41, 5.74) is -0.167. The van der Waals surface area contributed by atoms with Gasteiger partial charge in [0.05, 0.1) is 5.56 Å². The van der Waals surface area contributed by atoms with Crippen molar-refractivity contribution in [3.05, 3.63) is 34.4 Å². The first kappa shape index (κ1) is 18.1. The average Bonchev–Trinajstić information content (AvgIpc) is 2.42. The van der Waals surface area contributed by atoms with Gasteiger partial charge in [-0.3, -0.25) is 0 Å². The van der Waals surface area contributed by atoms with Crippen LogP contribution < -0.4 is 0 Å². The molecule has 0 bridgehead atoms. The van der Waals surface area contributed by atoms with Crippen molar-refractivity contribution < 1.29 is 22.7 Å². The van der Waals surface area contributed by atoms with Crippen molar-refractivity contribution >= 4 is 22.0 Å². The lowest BCUT2D eigenvalue weighted by Gasteiger charge is -2.32. The van der Waals surface area contributed by atoms with Gasteiger partial charge in [0.25, 0.3) is 0 Å². The first-order valence-electron chi connectivity index (χ1n) is 7.27. The Morgan fingerprint density at radius 1 is 1.30 bits per heavy atom. The lowest BCUT2D eigenvalue weighted by atomic mass is 9.91. The van der Waals surface area contributed by atoms with Crippen LogP contribution in [0.2, 0.25) is 0 Å². The van der Waals surface area contributed by atoms with Gasteiger partial charge in [0, 0.05) is 18.4 Å². The monoisotopic (exact) mass is 393 g/mol. The molecule has 1 aromatic rings. The number of amides is 1. The molecular formula is C16H19BrF3NO2. The zero-order chi connectivity index (χ0) is 17.4. The van der Waals surface area contributed by atoms with E-state index in [1.165, 1.54) is 11.0 Å². The molecule has 1 amide bonds. The highest BCUT2D eigenvalue weighted by atomic mass is 79.9. The van der Waals surface area contributed by atoms with E-state index in [0.717, 1.165) is 0 Å². The fourth-order valence-electron chi connectivity index (χ4n) is 2.65. The summed E-state index contributed by atoms with van der Waals surface area (Å²) in [5, 5.41) is 0.144. The SMILES string of the molecule is CC(C)(C)OC(=O)N1CCc2c(ccc(CBr)c2C(F)(F)F)C1. The maximum Gasteiger partial charge on any atom is 0.416 e. The fraction of sp³-hybridized carbons (Fsp3) is 0.562. The number of carbonyl (C=O) groups is 1. The topological polar surface area (TPSA) is 29.5 Å². The van der Waals surface area contributed by atoms with Gasteiger partial charge in [-0.15, -0.1) is 0 Å². The van der Waals surface area contributed by atoms with Crippen molar-refractivity contribution in [1.82, 2.24) is 4.90 Å². The third kappa shape index (κ3) is 4.19. The van der Waals surface area contributed by atoms with Gasteiger partial charge in [-0.05, 0) is 43.9 Å². The van der Waals surface area contributed by atoms with E-state index in [0.29, 0.717) is 5.56 Å². The maximum atomic E-state index is 13.4. The Labute approximate surface area is 141 Å². The van der Waals surface area contributed by atoms with Crippen LogP contribution >= 0.6 is 15.9 Å². The minimum Gasteiger partial charge on any atom is -0.444 e. The third-order valence-corrected chi connectivity index (χ3v) is 4.17. The predicted octanol–water partition coefficient (Wildman–Crippen LogP) is 4.89. The number of alkyl halides is 4. The number of carbonyl (C=O) groups excluding carboxylic acids is 1. The van der Waals surface area contributed by atoms with Crippen molar-refractivity contribution in [3.63, 3.8) is 0 Å². The van der Waals surface area contributed by atoms with Crippen molar-refractivity contribution in [3.8, 4) is 0 Å². The zero-order valence-electron chi connectivity index (χ0n) is 13.3. The number of ether oxygens (including phenoxy) is 1. The molecule has 1 aliphatic rings. The third-order valence-electron chi connectivity index (χ3n) is 3.57. The lowest BCUT2D eigenvalue weighted by molar-refractivity contribution is -0.138. The Kier molecular flexibility index (Phi) is 4.99. The van der Waals surface area contributed by atoms with Gasteiger partial charge in [0.15, 0.2) is 0 Å². The molecule has 7 heteroatoms. The molecule has 0 fully saturated rings. The molecule has 0 N–H and O–H groups in total. The molecule has 0 radical (unpaired) electrons. The normalized spacial score (nSPS) is 15.3. The van der Waals surface area contributed by atoms with E-state index in [2.05, 4.69) is 15.9 Å². The van der Waals surface area contributed by atoms with Crippen LogP contribution in [0, 0.1) is 0 Å². The molecule has 23 heavy (non-hydrogen) atoms. The first-order valence-corrected chi connectivity index (χ1v) is 8.40. The van der Waals surface area contributed by atoms with Gasteiger partial charge < -0.3 is 9.64 Å². The van der Waals surface area contributed by atoms with Crippen molar-refractivity contribution in [2.75, 3.05) is 6.54 Å². The number of hydrogen-bond donors (Lipinski definition) is 0. The van der Waals surface area contributed by atoms with Gasteiger partial charge in [-0.1, -0.05) is 28.1 Å². The fourth-order valence-corrected chi connectivity index (χ4v) is 3.12. The van der Waals surface area contributed by atoms with E-state index in [4.69, 9.17) is 4.74 Å². The maximum absolute atomic E-state index is 13.4. The highest BCUT2D eigenvalue weighted by Crippen LogP contribution is 2.39. The van der Waals surface area contributed by atoms with Gasteiger partial charge in [0.1, 0.15) is 5.60 Å². The number of benzene rings is 1. The smallest absolute Gasteiger partial charge is 0.416 e. The van der Waals surface area contributed by atoms with Crippen LogP contribution in [0.5, 0.6) is 0 Å². The van der Waals surface area contributed by atoms with Gasteiger partial charge >= 0.3 is 12.3 Å². The Morgan fingerprint density at radius 3 is 2.48 bits per heavy atom. The molecule has 0 atom stereocenters. The molecular weight excluding hydrogens is 375 g/mol. The van der Waals surface area contributed by atoms with Crippen molar-refractivity contribution in [2.45, 2.75) is 50.8 Å². The zero-order valence-corrected chi connectivity index (χ0v) is 14.8. The van der Waals surface area contributed by atoms with Gasteiger partial charge in [-0.2, -0.15) is 13.2 Å². The molecule has 0 spiro atoms. The van der Waals surface area contributed by atoms with E-state index in [1.54, 1.807) is 26.8 Å². The lowest BCUT2D eigenvalue weighted by Crippen LogP contribution is -2.40. The number of rotatable bonds is 1. The Hall–Kier alpha value is -1.24. The van der Waals surface area contributed by atoms with E-state index in [1.807, 2.05) is 0 Å². The Bertz CT molecular complexity index is 609. The average molecular weight is 394 g/mol. The summed E-state index contributed by atoms with van der Waals surface area (Å²) in [6, 6.07) is 3.13. The number of fused-ring (bicyclic) bond motifs is 1. The molecule has 3 nitrogen and oxygen atoms in total. The molecule has 1 heterocycles. The molecule has 1 aromatic carbocycles. The second-order valence-corrected chi connectivity index (χ2v) is 7.08. The van der Waals surface area contributed by atoms with Gasteiger partial charge in [0.2, 0.25) is 0 Å². The van der Waals surface area contributed by atoms with Crippen molar-refractivity contribution in [1.29, 1.82) is 0 Å². The van der Waals surface area contributed by atoms with E-state index >= 15 is 0 Å². The van der Waals surface area contributed by atoms with E-state index in [-0.39, 0.29) is 36.0 Å². The molecule has 2 rings (SSSR count). The molecule has 0 saturated heterocycles. The van der Waals surface area contributed by atoms with E-state index in [9.17, 15) is 18.0 Å². The molecule has 0 aliphatic carbocycles. The minimum absolute atomic E-state index is 0.135.